The van der Waals surface area contributed by atoms with Crippen LogP contribution in [-0.2, 0) is 14.3 Å². The molecule has 0 aromatic carbocycles. The van der Waals surface area contributed by atoms with Crippen molar-refractivity contribution >= 4 is 11.9 Å². The second kappa shape index (κ2) is 5.72. The summed E-state index contributed by atoms with van der Waals surface area (Å²) in [7, 11) is 0. The number of carbonyl (C=O) groups is 2. The van der Waals surface area contributed by atoms with E-state index in [1.807, 2.05) is 6.92 Å². The van der Waals surface area contributed by atoms with E-state index in [1.165, 1.54) is 4.90 Å². The number of allylic oxidation sites excluding steroid dienone is 1. The first-order valence-corrected chi connectivity index (χ1v) is 6.03. The molecule has 1 aliphatic rings. The number of carbonyl (C=O) groups excluding carboxylic acids is 2. The van der Waals surface area contributed by atoms with Crippen LogP contribution in [0.5, 0.6) is 0 Å². The first kappa shape index (κ1) is 14.3. The van der Waals surface area contributed by atoms with Crippen molar-refractivity contribution in [2.45, 2.75) is 33.1 Å². The second-order valence-corrected chi connectivity index (χ2v) is 4.67. The molecule has 1 saturated heterocycles. The maximum atomic E-state index is 11.7. The fraction of sp³-hybridized carbons (Fsp3) is 0.571. The van der Waals surface area contributed by atoms with Crippen LogP contribution in [0.3, 0.4) is 0 Å². The molecule has 1 fully saturated rings. The number of nitrogens with zero attached hydrogens (tertiary/aromatic N) is 1. The summed E-state index contributed by atoms with van der Waals surface area (Å²) in [5.74, 6) is 2.15. The summed E-state index contributed by atoms with van der Waals surface area (Å²) in [6.45, 7) is 8.18. The first-order chi connectivity index (χ1) is 8.44. The summed E-state index contributed by atoms with van der Waals surface area (Å²) in [5, 5.41) is 0. The van der Waals surface area contributed by atoms with Crippen molar-refractivity contribution in [3.05, 3.63) is 12.3 Å². The van der Waals surface area contributed by atoms with Crippen LogP contribution < -0.4 is 0 Å². The van der Waals surface area contributed by atoms with Crippen LogP contribution in [0.25, 0.3) is 0 Å². The molecule has 1 aliphatic heterocycles. The number of hydrogen-bond donors (Lipinski definition) is 0. The Morgan fingerprint density at radius 1 is 1.67 bits per heavy atom. The number of rotatable bonds is 4. The van der Waals surface area contributed by atoms with Gasteiger partial charge in [0.2, 0.25) is 5.91 Å². The zero-order valence-electron chi connectivity index (χ0n) is 11.0. The Kier molecular flexibility index (Phi) is 4.55. The highest BCUT2D eigenvalue weighted by atomic mass is 16.5. The molecule has 0 aliphatic carbocycles. The van der Waals surface area contributed by atoms with Gasteiger partial charge in [-0.15, -0.1) is 6.42 Å². The number of piperidine rings is 1. The van der Waals surface area contributed by atoms with E-state index in [4.69, 9.17) is 11.2 Å². The maximum absolute atomic E-state index is 11.7. The molecule has 4 nitrogen and oxygen atoms in total. The van der Waals surface area contributed by atoms with E-state index in [0.717, 1.165) is 0 Å². The van der Waals surface area contributed by atoms with Gasteiger partial charge in [-0.05, 0) is 13.3 Å². The topological polar surface area (TPSA) is 46.6 Å². The predicted octanol–water partition coefficient (Wildman–Crippen LogP) is 1.72. The third-order valence-corrected chi connectivity index (χ3v) is 3.30. The Morgan fingerprint density at radius 2 is 2.33 bits per heavy atom. The lowest BCUT2D eigenvalue weighted by Crippen LogP contribution is -2.43. The summed E-state index contributed by atoms with van der Waals surface area (Å²) < 4.78 is 4.96. The van der Waals surface area contributed by atoms with Gasteiger partial charge in [0.1, 0.15) is 0 Å². The molecule has 1 rings (SSSR count). The highest BCUT2D eigenvalue weighted by Crippen LogP contribution is 2.41. The van der Waals surface area contributed by atoms with E-state index >= 15 is 0 Å². The largest absolute Gasteiger partial charge is 0.466 e. The van der Waals surface area contributed by atoms with Crippen molar-refractivity contribution in [2.75, 3.05) is 13.2 Å². The van der Waals surface area contributed by atoms with Crippen LogP contribution in [0.1, 0.15) is 33.1 Å². The van der Waals surface area contributed by atoms with E-state index in [9.17, 15) is 9.59 Å². The van der Waals surface area contributed by atoms with Gasteiger partial charge in [0.05, 0.1) is 19.6 Å². The highest BCUT2D eigenvalue weighted by Gasteiger charge is 2.40. The Labute approximate surface area is 108 Å². The zero-order valence-corrected chi connectivity index (χ0v) is 11.0. The Hall–Kier alpha value is -1.76. The predicted molar refractivity (Wildman–Crippen MR) is 68.3 cm³/mol. The summed E-state index contributed by atoms with van der Waals surface area (Å²) in [5.41, 5.74) is 0.168. The number of likely N-dealkylation sites (tertiary alicyclic amines) is 1. The van der Waals surface area contributed by atoms with Crippen LogP contribution in [0.15, 0.2) is 12.3 Å². The van der Waals surface area contributed by atoms with Crippen molar-refractivity contribution in [1.29, 1.82) is 0 Å². The van der Waals surface area contributed by atoms with Gasteiger partial charge in [0.25, 0.3) is 0 Å². The van der Waals surface area contributed by atoms with Crippen molar-refractivity contribution < 1.29 is 14.3 Å². The fourth-order valence-corrected chi connectivity index (χ4v) is 2.13. The molecule has 0 bridgehead atoms. The van der Waals surface area contributed by atoms with Crippen LogP contribution in [-0.4, -0.2) is 29.9 Å². The molecular weight excluding hydrogens is 230 g/mol. The van der Waals surface area contributed by atoms with Crippen LogP contribution in [0.2, 0.25) is 0 Å². The molecule has 0 aromatic heterocycles. The summed E-state index contributed by atoms with van der Waals surface area (Å²) in [6, 6.07) is 0. The molecular formula is C14H19NO3. The van der Waals surface area contributed by atoms with Gasteiger partial charge < -0.3 is 9.64 Å². The van der Waals surface area contributed by atoms with Gasteiger partial charge in [0.15, 0.2) is 0 Å². The lowest BCUT2D eigenvalue weighted by atomic mass is 9.76. The summed E-state index contributed by atoms with van der Waals surface area (Å²) >= 11 is 0. The molecule has 98 valence electrons. The molecule has 1 atom stereocenters. The molecule has 0 aromatic rings. The summed E-state index contributed by atoms with van der Waals surface area (Å²) in [4.78, 5) is 24.8. The Bertz CT molecular complexity index is 408. The quantitative estimate of drug-likeness (QED) is 0.563. The number of hydrogen-bond acceptors (Lipinski definition) is 3. The fourth-order valence-electron chi connectivity index (χ4n) is 2.13. The van der Waals surface area contributed by atoms with Gasteiger partial charge in [-0.2, -0.15) is 0 Å². The smallest absolute Gasteiger partial charge is 0.306 e. The number of amides is 1. The zero-order chi connectivity index (χ0) is 13.8. The van der Waals surface area contributed by atoms with Crippen LogP contribution in [0, 0.1) is 17.8 Å². The molecule has 18 heavy (non-hydrogen) atoms. The van der Waals surface area contributed by atoms with Crippen LogP contribution in [0.4, 0.5) is 0 Å². The van der Waals surface area contributed by atoms with E-state index in [2.05, 4.69) is 12.5 Å². The first-order valence-electron chi connectivity index (χ1n) is 6.03. The average molecular weight is 249 g/mol. The molecule has 1 heterocycles. The Balaban J connectivity index is 2.82. The molecule has 0 spiro atoms. The standard InChI is InChI=1S/C14H19NO3/c1-5-9-15-11(3)14(4,8-7-12(15)16)10-13(17)18-6-2/h1H,3,6-10H2,2,4H3. The van der Waals surface area contributed by atoms with Gasteiger partial charge in [-0.3, -0.25) is 9.59 Å². The summed E-state index contributed by atoms with van der Waals surface area (Å²) in [6.07, 6.45) is 6.46. The van der Waals surface area contributed by atoms with Gasteiger partial charge in [0, 0.05) is 17.5 Å². The third kappa shape index (κ3) is 2.92. The minimum atomic E-state index is -0.447. The van der Waals surface area contributed by atoms with Gasteiger partial charge in [-0.1, -0.05) is 19.4 Å². The number of esters is 1. The van der Waals surface area contributed by atoms with Crippen molar-refractivity contribution in [3.63, 3.8) is 0 Å². The van der Waals surface area contributed by atoms with Gasteiger partial charge >= 0.3 is 5.97 Å². The Morgan fingerprint density at radius 3 is 2.89 bits per heavy atom. The van der Waals surface area contributed by atoms with Gasteiger partial charge in [-0.25, -0.2) is 0 Å². The van der Waals surface area contributed by atoms with Crippen molar-refractivity contribution in [3.8, 4) is 12.3 Å². The van der Waals surface area contributed by atoms with E-state index in [-0.39, 0.29) is 24.8 Å². The van der Waals surface area contributed by atoms with Crippen molar-refractivity contribution in [1.82, 2.24) is 4.90 Å². The normalized spacial score (nSPS) is 23.7. The second-order valence-electron chi connectivity index (χ2n) is 4.67. The van der Waals surface area contributed by atoms with Crippen molar-refractivity contribution in [2.24, 2.45) is 5.41 Å². The monoisotopic (exact) mass is 249 g/mol. The molecule has 4 heteroatoms. The average Bonchev–Trinajstić information content (AvgIpc) is 2.31. The molecule has 1 amide bonds. The van der Waals surface area contributed by atoms with E-state index < -0.39 is 5.41 Å². The molecule has 1 unspecified atom stereocenters. The van der Waals surface area contributed by atoms with E-state index in [0.29, 0.717) is 25.1 Å². The molecule has 0 radical (unpaired) electrons. The minimum Gasteiger partial charge on any atom is -0.466 e. The minimum absolute atomic E-state index is 0.0284. The molecule has 0 N–H and O–H groups in total. The van der Waals surface area contributed by atoms with E-state index in [1.54, 1.807) is 6.92 Å². The number of ether oxygens (including phenoxy) is 1. The molecule has 0 saturated carbocycles. The lowest BCUT2D eigenvalue weighted by molar-refractivity contribution is -0.147. The lowest BCUT2D eigenvalue weighted by Gasteiger charge is -2.41. The van der Waals surface area contributed by atoms with Crippen LogP contribution >= 0.6 is 0 Å². The SMILES string of the molecule is C#CCN1C(=C)C(C)(CC(=O)OCC)CCC1=O. The maximum Gasteiger partial charge on any atom is 0.306 e. The number of terminal acetylenes is 1. The highest BCUT2D eigenvalue weighted by molar-refractivity contribution is 5.81. The third-order valence-electron chi connectivity index (χ3n) is 3.30.